The molecule has 3 heteroatoms. The molecular formula is C18H25N3. The van der Waals surface area contributed by atoms with E-state index in [-0.39, 0.29) is 0 Å². The van der Waals surface area contributed by atoms with Gasteiger partial charge in [-0.15, -0.1) is 0 Å². The van der Waals surface area contributed by atoms with Crippen molar-refractivity contribution < 1.29 is 0 Å². The molecule has 2 fully saturated rings. The Bertz CT molecular complexity index is 604. The summed E-state index contributed by atoms with van der Waals surface area (Å²) in [7, 11) is 2.31. The van der Waals surface area contributed by atoms with Crippen molar-refractivity contribution in [1.82, 2.24) is 15.2 Å². The number of H-pyrrole nitrogens is 1. The number of hydrogen-bond donors (Lipinski definition) is 2. The van der Waals surface area contributed by atoms with Crippen molar-refractivity contribution in [3.8, 4) is 0 Å². The topological polar surface area (TPSA) is 31.1 Å². The summed E-state index contributed by atoms with van der Waals surface area (Å²) in [6, 6.07) is 11.0. The fraction of sp³-hybridized carbons (Fsp3) is 0.556. The minimum Gasteiger partial charge on any atom is -0.361 e. The predicted molar refractivity (Wildman–Crippen MR) is 87.6 cm³/mol. The lowest BCUT2D eigenvalue weighted by Gasteiger charge is -2.36. The molecule has 0 aliphatic carbocycles. The van der Waals surface area contributed by atoms with Gasteiger partial charge in [-0.05, 0) is 57.3 Å². The van der Waals surface area contributed by atoms with Crippen LogP contribution in [-0.2, 0) is 6.42 Å². The predicted octanol–water partition coefficient (Wildman–Crippen LogP) is 2.93. The number of aromatic nitrogens is 1. The van der Waals surface area contributed by atoms with Crippen molar-refractivity contribution in [2.24, 2.45) is 0 Å². The van der Waals surface area contributed by atoms with Crippen LogP contribution in [-0.4, -0.2) is 41.6 Å². The molecule has 0 amide bonds. The van der Waals surface area contributed by atoms with E-state index in [1.807, 2.05) is 0 Å². The van der Waals surface area contributed by atoms with Crippen LogP contribution in [0.3, 0.4) is 0 Å². The Morgan fingerprint density at radius 1 is 1.19 bits per heavy atom. The Balaban J connectivity index is 1.34. The van der Waals surface area contributed by atoms with Gasteiger partial charge in [-0.3, -0.25) is 0 Å². The second kappa shape index (κ2) is 5.47. The van der Waals surface area contributed by atoms with Crippen molar-refractivity contribution >= 4 is 10.9 Å². The molecule has 0 radical (unpaired) electrons. The number of fused-ring (bicyclic) bond motifs is 3. The number of hydrogen-bond acceptors (Lipinski definition) is 2. The molecule has 4 rings (SSSR count). The maximum absolute atomic E-state index is 3.81. The SMILES string of the molecule is CN1C2CCC1CC(NCCc1c[nH]c3ccccc13)C2. The standard InChI is InChI=1S/C18H25N3/c1-21-15-6-7-16(21)11-14(10-15)19-9-8-13-12-20-18-5-3-2-4-17(13)18/h2-5,12,14-16,19-20H,6-11H2,1H3. The maximum Gasteiger partial charge on any atom is 0.0456 e. The molecule has 21 heavy (non-hydrogen) atoms. The highest BCUT2D eigenvalue weighted by molar-refractivity contribution is 5.83. The second-order valence-electron chi connectivity index (χ2n) is 6.78. The van der Waals surface area contributed by atoms with Gasteiger partial charge in [0, 0.05) is 35.2 Å². The molecule has 2 saturated heterocycles. The Morgan fingerprint density at radius 2 is 1.95 bits per heavy atom. The zero-order valence-electron chi connectivity index (χ0n) is 12.8. The van der Waals surface area contributed by atoms with E-state index < -0.39 is 0 Å². The minimum absolute atomic E-state index is 0.726. The van der Waals surface area contributed by atoms with E-state index in [1.165, 1.54) is 42.1 Å². The van der Waals surface area contributed by atoms with Gasteiger partial charge in [-0.25, -0.2) is 0 Å². The molecule has 2 atom stereocenters. The molecule has 3 nitrogen and oxygen atoms in total. The van der Waals surface area contributed by atoms with Crippen molar-refractivity contribution in [2.75, 3.05) is 13.6 Å². The van der Waals surface area contributed by atoms with Gasteiger partial charge >= 0.3 is 0 Å². The first-order chi connectivity index (χ1) is 10.3. The van der Waals surface area contributed by atoms with Gasteiger partial charge in [-0.1, -0.05) is 18.2 Å². The van der Waals surface area contributed by atoms with Crippen LogP contribution in [0.15, 0.2) is 30.5 Å². The smallest absolute Gasteiger partial charge is 0.0456 e. The first kappa shape index (κ1) is 13.4. The molecule has 2 unspecified atom stereocenters. The highest BCUT2D eigenvalue weighted by Gasteiger charge is 2.37. The summed E-state index contributed by atoms with van der Waals surface area (Å²) in [5.74, 6) is 0. The Morgan fingerprint density at radius 3 is 2.76 bits per heavy atom. The summed E-state index contributed by atoms with van der Waals surface area (Å²) in [6.45, 7) is 1.09. The van der Waals surface area contributed by atoms with Crippen LogP contribution >= 0.6 is 0 Å². The first-order valence-corrected chi connectivity index (χ1v) is 8.31. The zero-order chi connectivity index (χ0) is 14.2. The van der Waals surface area contributed by atoms with Crippen LogP contribution in [0, 0.1) is 0 Å². The van der Waals surface area contributed by atoms with Gasteiger partial charge in [0.1, 0.15) is 0 Å². The van der Waals surface area contributed by atoms with Gasteiger partial charge in [0.2, 0.25) is 0 Å². The van der Waals surface area contributed by atoms with Crippen molar-refractivity contribution in [3.05, 3.63) is 36.0 Å². The normalized spacial score (nSPS) is 29.3. The number of nitrogens with one attached hydrogen (secondary N) is 2. The van der Waals surface area contributed by atoms with Crippen LogP contribution in [0.5, 0.6) is 0 Å². The van der Waals surface area contributed by atoms with E-state index in [0.29, 0.717) is 0 Å². The molecule has 2 N–H and O–H groups in total. The van der Waals surface area contributed by atoms with Crippen LogP contribution in [0.25, 0.3) is 10.9 Å². The van der Waals surface area contributed by atoms with Gasteiger partial charge in [0.15, 0.2) is 0 Å². The summed E-state index contributed by atoms with van der Waals surface area (Å²) in [6.07, 6.45) is 8.77. The van der Waals surface area contributed by atoms with Gasteiger partial charge in [-0.2, -0.15) is 0 Å². The van der Waals surface area contributed by atoms with Crippen LogP contribution in [0.1, 0.15) is 31.2 Å². The molecule has 112 valence electrons. The average molecular weight is 283 g/mol. The van der Waals surface area contributed by atoms with Gasteiger partial charge in [0.25, 0.3) is 0 Å². The molecule has 3 heterocycles. The lowest BCUT2D eigenvalue weighted by atomic mass is 9.98. The van der Waals surface area contributed by atoms with Crippen LogP contribution in [0.2, 0.25) is 0 Å². The van der Waals surface area contributed by atoms with E-state index >= 15 is 0 Å². The maximum atomic E-state index is 3.81. The zero-order valence-corrected chi connectivity index (χ0v) is 12.8. The largest absolute Gasteiger partial charge is 0.361 e. The third kappa shape index (κ3) is 2.49. The number of nitrogens with zero attached hydrogens (tertiary/aromatic N) is 1. The van der Waals surface area contributed by atoms with E-state index in [9.17, 15) is 0 Å². The molecule has 1 aromatic carbocycles. The van der Waals surface area contributed by atoms with Gasteiger partial charge in [0.05, 0.1) is 0 Å². The average Bonchev–Trinajstić information content (AvgIpc) is 2.97. The van der Waals surface area contributed by atoms with E-state index in [4.69, 9.17) is 0 Å². The van der Waals surface area contributed by atoms with E-state index in [2.05, 4.69) is 52.7 Å². The number of benzene rings is 1. The highest BCUT2D eigenvalue weighted by Crippen LogP contribution is 2.34. The fourth-order valence-electron chi connectivity index (χ4n) is 4.33. The lowest BCUT2D eigenvalue weighted by molar-refractivity contribution is 0.149. The fourth-order valence-corrected chi connectivity index (χ4v) is 4.33. The Hall–Kier alpha value is -1.32. The molecule has 2 aliphatic heterocycles. The van der Waals surface area contributed by atoms with Crippen molar-refractivity contribution in [2.45, 2.75) is 50.2 Å². The molecule has 2 aliphatic rings. The number of rotatable bonds is 4. The van der Waals surface area contributed by atoms with Crippen LogP contribution < -0.4 is 5.32 Å². The second-order valence-corrected chi connectivity index (χ2v) is 6.78. The molecule has 0 spiro atoms. The van der Waals surface area contributed by atoms with E-state index in [1.54, 1.807) is 0 Å². The van der Waals surface area contributed by atoms with Crippen LogP contribution in [0.4, 0.5) is 0 Å². The number of para-hydroxylation sites is 1. The summed E-state index contributed by atoms with van der Waals surface area (Å²) in [5.41, 5.74) is 2.69. The molecule has 2 bridgehead atoms. The quantitative estimate of drug-likeness (QED) is 0.904. The van der Waals surface area contributed by atoms with Crippen molar-refractivity contribution in [3.63, 3.8) is 0 Å². The summed E-state index contributed by atoms with van der Waals surface area (Å²) in [5, 5.41) is 5.18. The lowest BCUT2D eigenvalue weighted by Crippen LogP contribution is -2.47. The van der Waals surface area contributed by atoms with E-state index in [0.717, 1.165) is 31.1 Å². The van der Waals surface area contributed by atoms with Gasteiger partial charge < -0.3 is 15.2 Å². The Kier molecular flexibility index (Phi) is 3.48. The Labute approximate surface area is 126 Å². The number of aromatic amines is 1. The summed E-state index contributed by atoms with van der Waals surface area (Å²) >= 11 is 0. The first-order valence-electron chi connectivity index (χ1n) is 8.31. The highest BCUT2D eigenvalue weighted by atomic mass is 15.2. The summed E-state index contributed by atoms with van der Waals surface area (Å²) in [4.78, 5) is 5.98. The molecule has 2 aromatic rings. The molecular weight excluding hydrogens is 258 g/mol. The molecule has 1 aromatic heterocycles. The minimum atomic E-state index is 0.726. The third-order valence-corrected chi connectivity index (χ3v) is 5.60. The monoisotopic (exact) mass is 283 g/mol. The third-order valence-electron chi connectivity index (χ3n) is 5.60. The number of piperidine rings is 1. The summed E-state index contributed by atoms with van der Waals surface area (Å²) < 4.78 is 0. The molecule has 0 saturated carbocycles. The van der Waals surface area contributed by atoms with Crippen molar-refractivity contribution in [1.29, 1.82) is 0 Å².